The average Bonchev–Trinajstić information content (AvgIpc) is 2.48. The molecule has 100 valence electrons. The normalized spacial score (nSPS) is 9.25. The van der Waals surface area contributed by atoms with Crippen LogP contribution in [0.25, 0.3) is 0 Å². The van der Waals surface area contributed by atoms with Gasteiger partial charge in [-0.25, -0.2) is 4.79 Å². The monoisotopic (exact) mass is 265 g/mol. The van der Waals surface area contributed by atoms with E-state index in [1.165, 1.54) is 0 Å². The Bertz CT molecular complexity index is 639. The molecule has 0 amide bonds. The molecule has 0 saturated carbocycles. The maximum atomic E-state index is 11.3. The van der Waals surface area contributed by atoms with Gasteiger partial charge in [-0.3, -0.25) is 0 Å². The molecular formula is C17H15NO2. The fraction of sp³-hybridized carbons (Fsp3) is 0.118. The van der Waals surface area contributed by atoms with E-state index in [0.29, 0.717) is 6.61 Å². The van der Waals surface area contributed by atoms with E-state index in [9.17, 15) is 4.79 Å². The summed E-state index contributed by atoms with van der Waals surface area (Å²) in [7, 11) is 0. The molecule has 0 bridgehead atoms. The SMILES string of the molecule is CCOC(=O)C#Cc1ccccc1Nc1ccccc1. The molecule has 0 atom stereocenters. The van der Waals surface area contributed by atoms with Crippen molar-refractivity contribution in [1.82, 2.24) is 0 Å². The van der Waals surface area contributed by atoms with Crippen LogP contribution >= 0.6 is 0 Å². The molecule has 0 saturated heterocycles. The number of benzene rings is 2. The van der Waals surface area contributed by atoms with Crippen molar-refractivity contribution in [2.24, 2.45) is 0 Å². The van der Waals surface area contributed by atoms with Gasteiger partial charge in [0.15, 0.2) is 0 Å². The molecule has 0 aliphatic heterocycles. The van der Waals surface area contributed by atoms with E-state index in [1.807, 2.05) is 54.6 Å². The number of hydrogen-bond acceptors (Lipinski definition) is 3. The number of anilines is 2. The second-order valence-corrected chi connectivity index (χ2v) is 4.01. The van der Waals surface area contributed by atoms with Gasteiger partial charge in [0, 0.05) is 17.2 Å². The number of carbonyl (C=O) groups excluding carboxylic acids is 1. The molecule has 0 radical (unpaired) electrons. The van der Waals surface area contributed by atoms with Gasteiger partial charge in [0.05, 0.1) is 12.3 Å². The topological polar surface area (TPSA) is 38.3 Å². The summed E-state index contributed by atoms with van der Waals surface area (Å²) in [5.41, 5.74) is 2.58. The van der Waals surface area contributed by atoms with Crippen LogP contribution in [0.3, 0.4) is 0 Å². The fourth-order valence-corrected chi connectivity index (χ4v) is 1.66. The van der Waals surface area contributed by atoms with Crippen molar-refractivity contribution < 1.29 is 9.53 Å². The Morgan fingerprint density at radius 2 is 1.80 bits per heavy atom. The lowest BCUT2D eigenvalue weighted by Gasteiger charge is -2.08. The van der Waals surface area contributed by atoms with Crippen LogP contribution in [0.5, 0.6) is 0 Å². The Morgan fingerprint density at radius 1 is 1.10 bits per heavy atom. The predicted molar refractivity (Wildman–Crippen MR) is 79.7 cm³/mol. The summed E-state index contributed by atoms with van der Waals surface area (Å²) in [6.45, 7) is 2.09. The lowest BCUT2D eigenvalue weighted by molar-refractivity contribution is -0.136. The fourth-order valence-electron chi connectivity index (χ4n) is 1.66. The number of para-hydroxylation sites is 2. The molecule has 2 aromatic carbocycles. The van der Waals surface area contributed by atoms with Crippen LogP contribution < -0.4 is 5.32 Å². The van der Waals surface area contributed by atoms with Crippen molar-refractivity contribution in [2.75, 3.05) is 11.9 Å². The largest absolute Gasteiger partial charge is 0.456 e. The zero-order chi connectivity index (χ0) is 14.2. The van der Waals surface area contributed by atoms with E-state index in [1.54, 1.807) is 6.92 Å². The highest BCUT2D eigenvalue weighted by Crippen LogP contribution is 2.19. The van der Waals surface area contributed by atoms with E-state index in [0.717, 1.165) is 16.9 Å². The standard InChI is InChI=1S/C17H15NO2/c1-2-20-17(19)13-12-14-8-6-7-11-16(14)18-15-9-4-3-5-10-15/h3-11,18H,2H2,1H3. The second kappa shape index (κ2) is 7.01. The summed E-state index contributed by atoms with van der Waals surface area (Å²) in [5.74, 6) is 4.79. The number of carbonyl (C=O) groups is 1. The van der Waals surface area contributed by atoms with Crippen LogP contribution in [-0.4, -0.2) is 12.6 Å². The van der Waals surface area contributed by atoms with Crippen LogP contribution in [0.1, 0.15) is 12.5 Å². The van der Waals surface area contributed by atoms with Gasteiger partial charge in [-0.1, -0.05) is 36.3 Å². The van der Waals surface area contributed by atoms with Crippen molar-refractivity contribution in [3.63, 3.8) is 0 Å². The Labute approximate surface area is 118 Å². The van der Waals surface area contributed by atoms with Gasteiger partial charge in [-0.2, -0.15) is 0 Å². The minimum absolute atomic E-state index is 0.331. The van der Waals surface area contributed by atoms with Crippen molar-refractivity contribution in [3.05, 3.63) is 60.2 Å². The Kier molecular flexibility index (Phi) is 4.80. The van der Waals surface area contributed by atoms with Gasteiger partial charge in [-0.15, -0.1) is 0 Å². The van der Waals surface area contributed by atoms with Crippen LogP contribution in [0.15, 0.2) is 54.6 Å². The predicted octanol–water partition coefficient (Wildman–Crippen LogP) is 3.34. The summed E-state index contributed by atoms with van der Waals surface area (Å²) in [6.07, 6.45) is 0. The van der Waals surface area contributed by atoms with E-state index in [4.69, 9.17) is 4.74 Å². The summed E-state index contributed by atoms with van der Waals surface area (Å²) in [5, 5.41) is 3.27. The van der Waals surface area contributed by atoms with Crippen molar-refractivity contribution >= 4 is 17.3 Å². The second-order valence-electron chi connectivity index (χ2n) is 4.01. The maximum Gasteiger partial charge on any atom is 0.384 e. The first kappa shape index (κ1) is 13.7. The molecule has 1 N–H and O–H groups in total. The third-order valence-corrected chi connectivity index (χ3v) is 2.55. The van der Waals surface area contributed by atoms with E-state index in [-0.39, 0.29) is 0 Å². The number of esters is 1. The zero-order valence-electron chi connectivity index (χ0n) is 11.2. The Morgan fingerprint density at radius 3 is 2.55 bits per heavy atom. The summed E-state index contributed by atoms with van der Waals surface area (Å²) < 4.78 is 4.79. The van der Waals surface area contributed by atoms with Gasteiger partial charge < -0.3 is 10.1 Å². The van der Waals surface area contributed by atoms with Gasteiger partial charge in [0.2, 0.25) is 0 Å². The van der Waals surface area contributed by atoms with Gasteiger partial charge >= 0.3 is 5.97 Å². The lowest BCUT2D eigenvalue weighted by Crippen LogP contribution is -2.00. The number of ether oxygens (including phenoxy) is 1. The van der Waals surface area contributed by atoms with Gasteiger partial charge in [0.1, 0.15) is 0 Å². The molecule has 3 nitrogen and oxygen atoms in total. The molecule has 0 aliphatic carbocycles. The maximum absolute atomic E-state index is 11.3. The Balaban J connectivity index is 2.20. The van der Waals surface area contributed by atoms with Crippen LogP contribution in [0.2, 0.25) is 0 Å². The molecule has 2 rings (SSSR count). The van der Waals surface area contributed by atoms with Crippen LogP contribution in [0, 0.1) is 11.8 Å². The molecule has 0 fully saturated rings. The lowest BCUT2D eigenvalue weighted by atomic mass is 10.1. The molecule has 0 heterocycles. The molecular weight excluding hydrogens is 250 g/mol. The van der Waals surface area contributed by atoms with Gasteiger partial charge in [-0.05, 0) is 31.2 Å². The Hall–Kier alpha value is -2.73. The highest BCUT2D eigenvalue weighted by molar-refractivity contribution is 5.89. The van der Waals surface area contributed by atoms with Crippen LogP contribution in [-0.2, 0) is 9.53 Å². The highest BCUT2D eigenvalue weighted by Gasteiger charge is 2.00. The van der Waals surface area contributed by atoms with Crippen molar-refractivity contribution in [1.29, 1.82) is 0 Å². The quantitative estimate of drug-likeness (QED) is 0.683. The molecule has 0 unspecified atom stereocenters. The van der Waals surface area contributed by atoms with E-state index >= 15 is 0 Å². The van der Waals surface area contributed by atoms with E-state index in [2.05, 4.69) is 17.2 Å². The van der Waals surface area contributed by atoms with Crippen molar-refractivity contribution in [3.8, 4) is 11.8 Å². The van der Waals surface area contributed by atoms with Crippen molar-refractivity contribution in [2.45, 2.75) is 6.92 Å². The molecule has 0 aromatic heterocycles. The van der Waals surface area contributed by atoms with Gasteiger partial charge in [0.25, 0.3) is 0 Å². The third kappa shape index (κ3) is 3.89. The highest BCUT2D eigenvalue weighted by atomic mass is 16.5. The minimum atomic E-state index is -0.512. The number of hydrogen-bond donors (Lipinski definition) is 1. The smallest absolute Gasteiger partial charge is 0.384 e. The number of nitrogens with one attached hydrogen (secondary N) is 1. The molecule has 0 aliphatic rings. The molecule has 20 heavy (non-hydrogen) atoms. The van der Waals surface area contributed by atoms with Crippen LogP contribution in [0.4, 0.5) is 11.4 Å². The molecule has 2 aromatic rings. The summed E-state index contributed by atoms with van der Waals surface area (Å²) in [4.78, 5) is 11.3. The molecule has 0 spiro atoms. The first-order chi connectivity index (χ1) is 9.79. The zero-order valence-corrected chi connectivity index (χ0v) is 11.2. The first-order valence-electron chi connectivity index (χ1n) is 6.39. The van der Waals surface area contributed by atoms with E-state index < -0.39 is 5.97 Å². The first-order valence-corrected chi connectivity index (χ1v) is 6.39. The minimum Gasteiger partial charge on any atom is -0.456 e. The number of rotatable bonds is 3. The molecule has 3 heteroatoms. The average molecular weight is 265 g/mol. The summed E-state index contributed by atoms with van der Waals surface area (Å²) >= 11 is 0. The summed E-state index contributed by atoms with van der Waals surface area (Å²) in [6, 6.07) is 17.4. The third-order valence-electron chi connectivity index (χ3n) is 2.55.